The smallest absolute Gasteiger partial charge is 0.322 e. The van der Waals surface area contributed by atoms with Crippen LogP contribution in [0.25, 0.3) is 33.3 Å². The van der Waals surface area contributed by atoms with Gasteiger partial charge in [-0.05, 0) is 35.7 Å². The zero-order valence-electron chi connectivity index (χ0n) is 19.8. The average Bonchev–Trinajstić information content (AvgIpc) is 3.35. The van der Waals surface area contributed by atoms with E-state index in [1.54, 1.807) is 32.9 Å². The van der Waals surface area contributed by atoms with Gasteiger partial charge in [0.25, 0.3) is 0 Å². The van der Waals surface area contributed by atoms with E-state index in [2.05, 4.69) is 14.9 Å². The predicted octanol–water partition coefficient (Wildman–Crippen LogP) is 4.71. The summed E-state index contributed by atoms with van der Waals surface area (Å²) in [5.74, 6) is -0.270. The summed E-state index contributed by atoms with van der Waals surface area (Å²) in [5, 5.41) is 15.0. The number of furan rings is 1. The third-order valence-corrected chi connectivity index (χ3v) is 6.89. The SMILES string of the molecule is CC(C)(C)c1nc(-c2ccc3oc4cc(S(=O)(=O)N[C@H](C(=O)O)C(C)(C)C)ccc4c3c2)no1. The Morgan fingerprint density at radius 1 is 1.00 bits per heavy atom. The molecule has 2 N–H and O–H groups in total. The number of carboxylic acids is 1. The highest BCUT2D eigenvalue weighted by molar-refractivity contribution is 7.89. The third-order valence-electron chi connectivity index (χ3n) is 5.46. The molecule has 4 aromatic rings. The first-order valence-corrected chi connectivity index (χ1v) is 12.2. The van der Waals surface area contributed by atoms with Crippen molar-refractivity contribution in [2.45, 2.75) is 57.9 Å². The van der Waals surface area contributed by atoms with Gasteiger partial charge in [-0.2, -0.15) is 9.71 Å². The molecule has 0 bridgehead atoms. The minimum absolute atomic E-state index is 0.0808. The van der Waals surface area contributed by atoms with Crippen molar-refractivity contribution >= 4 is 37.9 Å². The molecule has 2 heterocycles. The largest absolute Gasteiger partial charge is 0.480 e. The number of fused-ring (bicyclic) bond motifs is 3. The molecule has 9 nitrogen and oxygen atoms in total. The van der Waals surface area contributed by atoms with Gasteiger partial charge < -0.3 is 14.0 Å². The van der Waals surface area contributed by atoms with Crippen molar-refractivity contribution in [1.82, 2.24) is 14.9 Å². The van der Waals surface area contributed by atoms with Crippen molar-refractivity contribution < 1.29 is 27.3 Å². The normalized spacial score (nSPS) is 14.1. The summed E-state index contributed by atoms with van der Waals surface area (Å²) in [7, 11) is -4.10. The molecule has 0 unspecified atom stereocenters. The van der Waals surface area contributed by atoms with E-state index in [-0.39, 0.29) is 10.3 Å². The van der Waals surface area contributed by atoms with Crippen molar-refractivity contribution in [3.05, 3.63) is 42.3 Å². The molecule has 34 heavy (non-hydrogen) atoms. The number of rotatable bonds is 5. The number of benzene rings is 2. The molecular weight excluding hydrogens is 458 g/mol. The summed E-state index contributed by atoms with van der Waals surface area (Å²) < 4.78 is 39.4. The maximum absolute atomic E-state index is 12.9. The number of carboxylic acid groups (broad SMARTS) is 1. The van der Waals surface area contributed by atoms with Crippen LogP contribution in [-0.2, 0) is 20.2 Å². The second kappa shape index (κ2) is 7.92. The number of nitrogens with one attached hydrogen (secondary N) is 1. The molecule has 1 atom stereocenters. The fraction of sp³-hybridized carbons (Fsp3) is 0.375. The highest BCUT2D eigenvalue weighted by Crippen LogP contribution is 2.34. The second-order valence-corrected chi connectivity index (χ2v) is 12.1. The standard InChI is InChI=1S/C24H27N3O6S/c1-23(2,3)19(21(28)29)27-34(30,31)14-8-9-15-16-11-13(7-10-17(16)32-18(15)12-14)20-25-22(33-26-20)24(4,5)6/h7-12,19,27H,1-6H3,(H,28,29)/t19-/m1/s1. The highest BCUT2D eigenvalue weighted by Gasteiger charge is 2.35. The van der Waals surface area contributed by atoms with E-state index in [1.807, 2.05) is 32.9 Å². The molecule has 0 aliphatic heterocycles. The Morgan fingerprint density at radius 2 is 1.71 bits per heavy atom. The van der Waals surface area contributed by atoms with Crippen molar-refractivity contribution in [2.75, 3.05) is 0 Å². The minimum atomic E-state index is -4.10. The third kappa shape index (κ3) is 4.43. The van der Waals surface area contributed by atoms with Crippen molar-refractivity contribution in [1.29, 1.82) is 0 Å². The lowest BCUT2D eigenvalue weighted by Gasteiger charge is -2.27. The van der Waals surface area contributed by atoms with E-state index >= 15 is 0 Å². The summed E-state index contributed by atoms with van der Waals surface area (Å²) in [6.07, 6.45) is 0. The summed E-state index contributed by atoms with van der Waals surface area (Å²) in [6, 6.07) is 8.62. The Labute approximate surface area is 197 Å². The number of aliphatic carboxylic acids is 1. The van der Waals surface area contributed by atoms with Crippen LogP contribution < -0.4 is 4.72 Å². The molecule has 0 aliphatic carbocycles. The van der Waals surface area contributed by atoms with Gasteiger partial charge in [0.15, 0.2) is 0 Å². The van der Waals surface area contributed by atoms with E-state index in [9.17, 15) is 18.3 Å². The number of hydrogen-bond acceptors (Lipinski definition) is 7. The second-order valence-electron chi connectivity index (χ2n) is 10.4. The number of nitrogens with zero attached hydrogens (tertiary/aromatic N) is 2. The van der Waals surface area contributed by atoms with E-state index in [1.165, 1.54) is 12.1 Å². The summed E-state index contributed by atoms with van der Waals surface area (Å²) >= 11 is 0. The minimum Gasteiger partial charge on any atom is -0.480 e. The number of carbonyl (C=O) groups is 1. The molecule has 0 amide bonds. The number of sulfonamides is 1. The molecule has 10 heteroatoms. The van der Waals surface area contributed by atoms with Crippen LogP contribution in [0.5, 0.6) is 0 Å². The first-order valence-electron chi connectivity index (χ1n) is 10.7. The maximum atomic E-state index is 12.9. The van der Waals surface area contributed by atoms with Crippen molar-refractivity contribution in [3.8, 4) is 11.4 Å². The zero-order valence-corrected chi connectivity index (χ0v) is 20.6. The van der Waals surface area contributed by atoms with Gasteiger partial charge in [0.2, 0.25) is 21.7 Å². The summed E-state index contributed by atoms with van der Waals surface area (Å²) in [4.78, 5) is 16.0. The van der Waals surface area contributed by atoms with E-state index in [0.29, 0.717) is 28.3 Å². The molecule has 0 spiro atoms. The highest BCUT2D eigenvalue weighted by atomic mass is 32.2. The Balaban J connectivity index is 1.73. The summed E-state index contributed by atoms with van der Waals surface area (Å²) in [6.45, 7) is 10.9. The number of hydrogen-bond donors (Lipinski definition) is 2. The van der Waals surface area contributed by atoms with Gasteiger partial charge in [-0.25, -0.2) is 8.42 Å². The number of aromatic nitrogens is 2. The van der Waals surface area contributed by atoms with Crippen LogP contribution in [0.4, 0.5) is 0 Å². The Kier molecular flexibility index (Phi) is 5.57. The molecule has 2 aromatic heterocycles. The molecule has 0 saturated carbocycles. The summed E-state index contributed by atoms with van der Waals surface area (Å²) in [5.41, 5.74) is 0.573. The van der Waals surface area contributed by atoms with Crippen LogP contribution in [0.15, 0.2) is 50.2 Å². The first-order chi connectivity index (χ1) is 15.7. The lowest BCUT2D eigenvalue weighted by molar-refractivity contribution is -0.141. The van der Waals surface area contributed by atoms with Gasteiger partial charge in [0, 0.05) is 27.8 Å². The molecule has 2 aromatic carbocycles. The van der Waals surface area contributed by atoms with E-state index < -0.39 is 27.4 Å². The van der Waals surface area contributed by atoms with Gasteiger partial charge in [-0.15, -0.1) is 0 Å². The molecule has 0 saturated heterocycles. The lowest BCUT2D eigenvalue weighted by atomic mass is 9.88. The van der Waals surface area contributed by atoms with Gasteiger partial charge in [-0.1, -0.05) is 46.7 Å². The maximum Gasteiger partial charge on any atom is 0.322 e. The van der Waals surface area contributed by atoms with Crippen molar-refractivity contribution in [3.63, 3.8) is 0 Å². The fourth-order valence-electron chi connectivity index (χ4n) is 3.53. The molecule has 0 radical (unpaired) electrons. The molecule has 0 aliphatic rings. The van der Waals surface area contributed by atoms with Gasteiger partial charge >= 0.3 is 5.97 Å². The lowest BCUT2D eigenvalue weighted by Crippen LogP contribution is -2.48. The van der Waals surface area contributed by atoms with Crippen LogP contribution in [0, 0.1) is 5.41 Å². The Hall–Kier alpha value is -3.24. The van der Waals surface area contributed by atoms with E-state index in [4.69, 9.17) is 8.94 Å². The predicted molar refractivity (Wildman–Crippen MR) is 127 cm³/mol. The monoisotopic (exact) mass is 485 g/mol. The molecular formula is C24H27N3O6S. The van der Waals surface area contributed by atoms with Crippen LogP contribution in [0.1, 0.15) is 47.4 Å². The van der Waals surface area contributed by atoms with E-state index in [0.717, 1.165) is 10.9 Å². The van der Waals surface area contributed by atoms with Gasteiger partial charge in [0.1, 0.15) is 17.2 Å². The van der Waals surface area contributed by atoms with Gasteiger partial charge in [0.05, 0.1) is 4.90 Å². The van der Waals surface area contributed by atoms with Crippen molar-refractivity contribution in [2.24, 2.45) is 5.41 Å². The Bertz CT molecular complexity index is 1500. The fourth-order valence-corrected chi connectivity index (χ4v) is 4.94. The van der Waals surface area contributed by atoms with Crippen LogP contribution in [0.2, 0.25) is 0 Å². The first kappa shape index (κ1) is 23.9. The quantitative estimate of drug-likeness (QED) is 0.415. The molecule has 4 rings (SSSR count). The zero-order chi connectivity index (χ0) is 25.1. The van der Waals surface area contributed by atoms with Crippen LogP contribution >= 0.6 is 0 Å². The molecule has 180 valence electrons. The van der Waals surface area contributed by atoms with Crippen LogP contribution in [0.3, 0.4) is 0 Å². The van der Waals surface area contributed by atoms with Gasteiger partial charge in [-0.3, -0.25) is 4.79 Å². The topological polar surface area (TPSA) is 136 Å². The Morgan fingerprint density at radius 3 is 2.29 bits per heavy atom. The van der Waals surface area contributed by atoms with Crippen LogP contribution in [-0.4, -0.2) is 35.7 Å². The average molecular weight is 486 g/mol. The molecule has 0 fully saturated rings.